The number of oxime groups is 1. The van der Waals surface area contributed by atoms with Gasteiger partial charge in [-0.3, -0.25) is 0 Å². The molecule has 1 unspecified atom stereocenters. The summed E-state index contributed by atoms with van der Waals surface area (Å²) in [7, 11) is 0. The van der Waals surface area contributed by atoms with Crippen LogP contribution in [0.15, 0.2) is 5.16 Å². The minimum atomic E-state index is -0.324. The minimum Gasteiger partial charge on any atom is -0.409 e. The van der Waals surface area contributed by atoms with E-state index in [4.69, 9.17) is 16.0 Å². The molecule has 0 aliphatic rings. The van der Waals surface area contributed by atoms with Gasteiger partial charge in [-0.1, -0.05) is 25.9 Å². The van der Waals surface area contributed by atoms with Gasteiger partial charge in [-0.15, -0.1) is 0 Å². The lowest BCUT2D eigenvalue weighted by molar-refractivity contribution is 0.235. The lowest BCUT2D eigenvalue weighted by Crippen LogP contribution is -2.38. The molecule has 0 radical (unpaired) electrons. The first-order chi connectivity index (χ1) is 6.97. The molecule has 15 heavy (non-hydrogen) atoms. The van der Waals surface area contributed by atoms with Gasteiger partial charge in [0, 0.05) is 11.5 Å². The van der Waals surface area contributed by atoms with Crippen molar-refractivity contribution in [1.29, 1.82) is 0 Å². The quantitative estimate of drug-likeness (QED) is 0.216. The maximum Gasteiger partial charge on any atom is 0.144 e. The van der Waals surface area contributed by atoms with E-state index in [2.05, 4.69) is 10.5 Å². The Labute approximate surface area is 91.4 Å². The predicted octanol–water partition coefficient (Wildman–Crippen LogP) is 0.510. The summed E-state index contributed by atoms with van der Waals surface area (Å²) < 4.78 is 0. The molecule has 0 aromatic carbocycles. The van der Waals surface area contributed by atoms with Gasteiger partial charge in [-0.25, -0.2) is 0 Å². The summed E-state index contributed by atoms with van der Waals surface area (Å²) in [6, 6.07) is 0.132. The molecule has 0 aromatic heterocycles. The zero-order chi connectivity index (χ0) is 11.9. The molecule has 0 heterocycles. The fourth-order valence-corrected chi connectivity index (χ4v) is 1.19. The van der Waals surface area contributed by atoms with Crippen LogP contribution in [0.25, 0.3) is 0 Å². The van der Waals surface area contributed by atoms with Gasteiger partial charge >= 0.3 is 0 Å². The standard InChI is InChI=1S/C10H23N3O2/c1-4-8(7-14)12-6-5-10(2,3)9(11)13-15/h8,12,14-15H,4-7H2,1-3H3,(H2,11,13). The molecule has 0 fully saturated rings. The molecule has 0 bridgehead atoms. The maximum absolute atomic E-state index is 8.96. The van der Waals surface area contributed by atoms with Crippen LogP contribution in [-0.4, -0.2) is 35.3 Å². The largest absolute Gasteiger partial charge is 0.409 e. The van der Waals surface area contributed by atoms with Gasteiger partial charge in [0.1, 0.15) is 5.84 Å². The number of hydrogen-bond donors (Lipinski definition) is 4. The maximum atomic E-state index is 8.96. The minimum absolute atomic E-state index is 0.132. The zero-order valence-electron chi connectivity index (χ0n) is 9.82. The van der Waals surface area contributed by atoms with Crippen LogP contribution in [-0.2, 0) is 0 Å². The zero-order valence-corrected chi connectivity index (χ0v) is 9.82. The van der Waals surface area contributed by atoms with Crippen LogP contribution >= 0.6 is 0 Å². The van der Waals surface area contributed by atoms with Crippen molar-refractivity contribution in [3.8, 4) is 0 Å². The summed E-state index contributed by atoms with van der Waals surface area (Å²) in [4.78, 5) is 0. The molecule has 0 aliphatic heterocycles. The average Bonchev–Trinajstić information content (AvgIpc) is 2.23. The number of nitrogens with one attached hydrogen (secondary N) is 1. The van der Waals surface area contributed by atoms with E-state index in [1.807, 2.05) is 20.8 Å². The van der Waals surface area contributed by atoms with Crippen molar-refractivity contribution in [2.24, 2.45) is 16.3 Å². The van der Waals surface area contributed by atoms with Crippen molar-refractivity contribution in [3.05, 3.63) is 0 Å². The molecule has 0 aliphatic carbocycles. The number of nitrogens with zero attached hydrogens (tertiary/aromatic N) is 1. The number of aliphatic hydroxyl groups excluding tert-OH is 1. The lowest BCUT2D eigenvalue weighted by atomic mass is 9.88. The normalized spacial score (nSPS) is 15.3. The van der Waals surface area contributed by atoms with Crippen molar-refractivity contribution < 1.29 is 10.3 Å². The van der Waals surface area contributed by atoms with Crippen molar-refractivity contribution in [2.45, 2.75) is 39.7 Å². The first-order valence-corrected chi connectivity index (χ1v) is 5.30. The highest BCUT2D eigenvalue weighted by Gasteiger charge is 2.23. The van der Waals surface area contributed by atoms with Gasteiger partial charge in [-0.05, 0) is 19.4 Å². The lowest BCUT2D eigenvalue weighted by Gasteiger charge is -2.24. The number of aliphatic hydroxyl groups is 1. The van der Waals surface area contributed by atoms with Gasteiger partial charge in [0.2, 0.25) is 0 Å². The highest BCUT2D eigenvalue weighted by Crippen LogP contribution is 2.19. The Morgan fingerprint density at radius 1 is 1.53 bits per heavy atom. The van der Waals surface area contributed by atoms with E-state index in [0.29, 0.717) is 0 Å². The molecule has 0 aromatic rings. The topological polar surface area (TPSA) is 90.9 Å². The first kappa shape index (κ1) is 14.2. The number of nitrogens with two attached hydrogens (primary N) is 1. The second kappa shape index (κ2) is 6.63. The van der Waals surface area contributed by atoms with Gasteiger partial charge in [0.15, 0.2) is 0 Å². The molecule has 0 saturated heterocycles. The molecule has 5 N–H and O–H groups in total. The van der Waals surface area contributed by atoms with Crippen LogP contribution < -0.4 is 11.1 Å². The molecule has 0 amide bonds. The number of rotatable bonds is 7. The van der Waals surface area contributed by atoms with Crippen LogP contribution in [0.2, 0.25) is 0 Å². The van der Waals surface area contributed by atoms with Crippen LogP contribution in [0.1, 0.15) is 33.6 Å². The molecule has 90 valence electrons. The first-order valence-electron chi connectivity index (χ1n) is 5.30. The molecule has 1 atom stereocenters. The predicted molar refractivity (Wildman–Crippen MR) is 61.0 cm³/mol. The third-order valence-electron chi connectivity index (χ3n) is 2.70. The van der Waals surface area contributed by atoms with Crippen molar-refractivity contribution in [1.82, 2.24) is 5.32 Å². The summed E-state index contributed by atoms with van der Waals surface area (Å²) in [5, 5.41) is 23.8. The highest BCUT2D eigenvalue weighted by atomic mass is 16.4. The molecule has 0 spiro atoms. The Morgan fingerprint density at radius 2 is 2.13 bits per heavy atom. The Morgan fingerprint density at radius 3 is 2.53 bits per heavy atom. The third kappa shape index (κ3) is 4.99. The Bertz CT molecular complexity index is 201. The number of hydrogen-bond acceptors (Lipinski definition) is 4. The summed E-state index contributed by atoms with van der Waals surface area (Å²) in [5.41, 5.74) is 5.23. The summed E-state index contributed by atoms with van der Waals surface area (Å²) >= 11 is 0. The van der Waals surface area contributed by atoms with Gasteiger partial charge in [-0.2, -0.15) is 0 Å². The number of amidine groups is 1. The second-order valence-electron chi connectivity index (χ2n) is 4.36. The Kier molecular flexibility index (Phi) is 6.27. The molecular formula is C10H23N3O2. The van der Waals surface area contributed by atoms with Gasteiger partial charge < -0.3 is 21.4 Å². The fraction of sp³-hybridized carbons (Fsp3) is 0.900. The molecular weight excluding hydrogens is 194 g/mol. The molecule has 0 rings (SSSR count). The van der Waals surface area contributed by atoms with Crippen LogP contribution in [0.3, 0.4) is 0 Å². The molecule has 5 heteroatoms. The van der Waals surface area contributed by atoms with E-state index < -0.39 is 0 Å². The van der Waals surface area contributed by atoms with Gasteiger partial charge in [0.05, 0.1) is 6.61 Å². The van der Waals surface area contributed by atoms with Crippen LogP contribution in [0.5, 0.6) is 0 Å². The van der Waals surface area contributed by atoms with E-state index in [9.17, 15) is 0 Å². The smallest absolute Gasteiger partial charge is 0.144 e. The third-order valence-corrected chi connectivity index (χ3v) is 2.70. The second-order valence-corrected chi connectivity index (χ2v) is 4.36. The van der Waals surface area contributed by atoms with Crippen molar-refractivity contribution in [2.75, 3.05) is 13.2 Å². The van der Waals surface area contributed by atoms with E-state index in [0.717, 1.165) is 19.4 Å². The van der Waals surface area contributed by atoms with E-state index in [-0.39, 0.29) is 23.9 Å². The Balaban J connectivity index is 3.94. The van der Waals surface area contributed by atoms with E-state index in [1.165, 1.54) is 0 Å². The fourth-order valence-electron chi connectivity index (χ4n) is 1.19. The van der Waals surface area contributed by atoms with E-state index in [1.54, 1.807) is 0 Å². The van der Waals surface area contributed by atoms with Crippen molar-refractivity contribution in [3.63, 3.8) is 0 Å². The summed E-state index contributed by atoms with van der Waals surface area (Å²) in [6.07, 6.45) is 1.65. The van der Waals surface area contributed by atoms with Crippen LogP contribution in [0, 0.1) is 5.41 Å². The summed E-state index contributed by atoms with van der Waals surface area (Å²) in [5.74, 6) is 0.237. The monoisotopic (exact) mass is 217 g/mol. The van der Waals surface area contributed by atoms with E-state index >= 15 is 0 Å². The SMILES string of the molecule is CCC(CO)NCCC(C)(C)C(N)=NO. The van der Waals surface area contributed by atoms with Crippen molar-refractivity contribution >= 4 is 5.84 Å². The molecule has 0 saturated carbocycles. The average molecular weight is 217 g/mol. The molecule has 5 nitrogen and oxygen atoms in total. The van der Waals surface area contributed by atoms with Gasteiger partial charge in [0.25, 0.3) is 0 Å². The highest BCUT2D eigenvalue weighted by molar-refractivity contribution is 5.85. The summed E-state index contributed by atoms with van der Waals surface area (Å²) in [6.45, 7) is 6.73. The Hall–Kier alpha value is -0.810. The van der Waals surface area contributed by atoms with Crippen LogP contribution in [0.4, 0.5) is 0 Å².